The van der Waals surface area contributed by atoms with E-state index in [0.29, 0.717) is 32.6 Å². The highest BCUT2D eigenvalue weighted by Gasteiger charge is 2.39. The Morgan fingerprint density at radius 3 is 2.53 bits per heavy atom. The number of hydrogen-bond donors (Lipinski definition) is 1. The summed E-state index contributed by atoms with van der Waals surface area (Å²) in [5.41, 5.74) is -0.531. The van der Waals surface area contributed by atoms with Crippen LogP contribution in [-0.4, -0.2) is 61.5 Å². The van der Waals surface area contributed by atoms with Gasteiger partial charge in [-0.2, -0.15) is 12.7 Å². The second-order valence-electron chi connectivity index (χ2n) is 5.88. The molecule has 0 spiro atoms. The second-order valence-corrected chi connectivity index (χ2v) is 7.59. The van der Waals surface area contributed by atoms with Crippen molar-refractivity contribution in [3.8, 4) is 0 Å². The normalized spacial score (nSPS) is 27.7. The van der Waals surface area contributed by atoms with Gasteiger partial charge in [-0.1, -0.05) is 0 Å². The predicted octanol–water partition coefficient (Wildman–Crippen LogP) is 0.146. The van der Waals surface area contributed by atoms with E-state index >= 15 is 0 Å². The highest BCUT2D eigenvalue weighted by atomic mass is 32.2. The number of carbonyl (C=O) groups excluding carboxylic acids is 1. The summed E-state index contributed by atoms with van der Waals surface area (Å²) in [5, 5.41) is 0. The molecule has 2 aliphatic heterocycles. The number of nitrogens with one attached hydrogen (secondary N) is 1. The van der Waals surface area contributed by atoms with Gasteiger partial charge in [-0.15, -0.1) is 0 Å². The largest absolute Gasteiger partial charge is 0.444 e. The maximum absolute atomic E-state index is 11.9. The van der Waals surface area contributed by atoms with Crippen LogP contribution in [0.5, 0.6) is 0 Å². The summed E-state index contributed by atoms with van der Waals surface area (Å²) in [4.78, 5) is 13.5. The number of carbonyl (C=O) groups is 1. The average molecular weight is 291 g/mol. The smallest absolute Gasteiger partial charge is 0.410 e. The molecule has 110 valence electrons. The van der Waals surface area contributed by atoms with Crippen molar-refractivity contribution in [2.75, 3.05) is 26.2 Å². The summed E-state index contributed by atoms with van der Waals surface area (Å²) in [6.07, 6.45) is 0.278. The predicted molar refractivity (Wildman–Crippen MR) is 69.8 cm³/mol. The molecule has 2 saturated heterocycles. The monoisotopic (exact) mass is 291 g/mol. The fourth-order valence-corrected chi connectivity index (χ4v) is 3.75. The second kappa shape index (κ2) is 4.92. The molecule has 0 aromatic carbocycles. The van der Waals surface area contributed by atoms with Crippen molar-refractivity contribution in [1.82, 2.24) is 13.9 Å². The maximum atomic E-state index is 11.9. The lowest BCUT2D eigenvalue weighted by molar-refractivity contribution is 0.0287. The molecule has 1 atom stereocenters. The van der Waals surface area contributed by atoms with Crippen LogP contribution >= 0.6 is 0 Å². The number of likely N-dealkylation sites (tertiary alicyclic amines) is 1. The van der Waals surface area contributed by atoms with Crippen molar-refractivity contribution in [3.63, 3.8) is 0 Å². The Kier molecular flexibility index (Phi) is 3.76. The lowest BCUT2D eigenvalue weighted by Crippen LogP contribution is -2.42. The van der Waals surface area contributed by atoms with Crippen LogP contribution in [0.15, 0.2) is 0 Å². The van der Waals surface area contributed by atoms with Gasteiger partial charge in [0.25, 0.3) is 10.2 Å². The van der Waals surface area contributed by atoms with Crippen LogP contribution in [0.3, 0.4) is 0 Å². The van der Waals surface area contributed by atoms with Gasteiger partial charge in [0.1, 0.15) is 5.60 Å². The van der Waals surface area contributed by atoms with Crippen LogP contribution in [0.25, 0.3) is 0 Å². The van der Waals surface area contributed by atoms with Crippen molar-refractivity contribution >= 4 is 16.3 Å². The summed E-state index contributed by atoms with van der Waals surface area (Å²) >= 11 is 0. The first-order valence-corrected chi connectivity index (χ1v) is 7.87. The maximum Gasteiger partial charge on any atom is 0.410 e. The van der Waals surface area contributed by atoms with Crippen LogP contribution < -0.4 is 4.72 Å². The van der Waals surface area contributed by atoms with Crippen molar-refractivity contribution in [2.45, 2.75) is 38.8 Å². The fourth-order valence-electron chi connectivity index (χ4n) is 2.34. The van der Waals surface area contributed by atoms with E-state index in [1.54, 1.807) is 4.90 Å². The van der Waals surface area contributed by atoms with Crippen LogP contribution in [0.1, 0.15) is 27.2 Å². The molecule has 0 aromatic rings. The van der Waals surface area contributed by atoms with E-state index < -0.39 is 15.8 Å². The molecular weight excluding hydrogens is 270 g/mol. The third-order valence-corrected chi connectivity index (χ3v) is 4.81. The quantitative estimate of drug-likeness (QED) is 0.745. The lowest BCUT2D eigenvalue weighted by atomic mass is 10.2. The van der Waals surface area contributed by atoms with Crippen LogP contribution in [0, 0.1) is 0 Å². The highest BCUT2D eigenvalue weighted by Crippen LogP contribution is 2.22. The zero-order valence-electron chi connectivity index (χ0n) is 11.5. The van der Waals surface area contributed by atoms with E-state index in [1.807, 2.05) is 20.8 Å². The van der Waals surface area contributed by atoms with Crippen LogP contribution in [0.2, 0.25) is 0 Å². The van der Waals surface area contributed by atoms with Gasteiger partial charge in [-0.3, -0.25) is 0 Å². The molecule has 0 bridgehead atoms. The van der Waals surface area contributed by atoms with E-state index in [9.17, 15) is 13.2 Å². The molecule has 0 unspecified atom stereocenters. The molecule has 2 aliphatic rings. The molecule has 2 heterocycles. The molecular formula is C11H21N3O4S. The van der Waals surface area contributed by atoms with Gasteiger partial charge in [0.05, 0.1) is 0 Å². The Bertz CT molecular complexity index is 457. The fraction of sp³-hybridized carbons (Fsp3) is 0.909. The third-order valence-electron chi connectivity index (χ3n) is 3.15. The Morgan fingerprint density at radius 2 is 2.00 bits per heavy atom. The van der Waals surface area contributed by atoms with E-state index in [1.165, 1.54) is 4.31 Å². The summed E-state index contributed by atoms with van der Waals surface area (Å²) in [6, 6.07) is -0.146. The van der Waals surface area contributed by atoms with Gasteiger partial charge in [-0.05, 0) is 27.2 Å². The minimum absolute atomic E-state index is 0.146. The van der Waals surface area contributed by atoms with Crippen molar-refractivity contribution in [3.05, 3.63) is 0 Å². The van der Waals surface area contributed by atoms with Gasteiger partial charge in [0, 0.05) is 32.2 Å². The minimum atomic E-state index is -3.35. The van der Waals surface area contributed by atoms with Gasteiger partial charge in [0.2, 0.25) is 0 Å². The molecule has 1 N–H and O–H groups in total. The molecule has 19 heavy (non-hydrogen) atoms. The van der Waals surface area contributed by atoms with E-state index in [0.717, 1.165) is 0 Å². The standard InChI is InChI=1S/C11H21N3O4S/c1-11(2,3)18-10(15)13-6-4-9(8-13)14-7-5-12-19(14,16)17/h9,12H,4-8H2,1-3H3/t9-/m1/s1. The molecule has 2 rings (SSSR count). The Labute approximate surface area is 114 Å². The first-order valence-electron chi connectivity index (χ1n) is 6.43. The van der Waals surface area contributed by atoms with E-state index in [2.05, 4.69) is 4.72 Å². The lowest BCUT2D eigenvalue weighted by Gasteiger charge is -2.25. The Hall–Kier alpha value is -0.860. The molecule has 7 nitrogen and oxygen atoms in total. The van der Waals surface area contributed by atoms with Crippen molar-refractivity contribution < 1.29 is 17.9 Å². The number of nitrogens with zero attached hydrogens (tertiary/aromatic N) is 2. The van der Waals surface area contributed by atoms with Gasteiger partial charge in [0.15, 0.2) is 0 Å². The molecule has 2 fully saturated rings. The van der Waals surface area contributed by atoms with E-state index in [4.69, 9.17) is 4.74 Å². The number of rotatable bonds is 1. The number of hydrogen-bond acceptors (Lipinski definition) is 4. The van der Waals surface area contributed by atoms with Gasteiger partial charge in [-0.25, -0.2) is 9.52 Å². The molecule has 0 aromatic heterocycles. The Balaban J connectivity index is 1.95. The zero-order chi connectivity index (χ0) is 14.3. The van der Waals surface area contributed by atoms with Crippen molar-refractivity contribution in [1.29, 1.82) is 0 Å². The summed E-state index contributed by atoms with van der Waals surface area (Å²) < 4.78 is 32.7. The minimum Gasteiger partial charge on any atom is -0.444 e. The molecule has 0 saturated carbocycles. The summed E-state index contributed by atoms with van der Waals surface area (Å²) in [5.74, 6) is 0. The third kappa shape index (κ3) is 3.37. The van der Waals surface area contributed by atoms with E-state index in [-0.39, 0.29) is 12.1 Å². The van der Waals surface area contributed by atoms with Gasteiger partial charge < -0.3 is 9.64 Å². The zero-order valence-corrected chi connectivity index (χ0v) is 12.4. The first kappa shape index (κ1) is 14.5. The molecule has 1 amide bonds. The number of amides is 1. The summed E-state index contributed by atoms with van der Waals surface area (Å²) in [6.45, 7) is 7.27. The Morgan fingerprint density at radius 1 is 1.32 bits per heavy atom. The number of ether oxygens (including phenoxy) is 1. The first-order chi connectivity index (χ1) is 8.69. The SMILES string of the molecule is CC(C)(C)OC(=O)N1CC[C@@H](N2CCNS2(=O)=O)C1. The molecule has 0 radical (unpaired) electrons. The topological polar surface area (TPSA) is 79.0 Å². The van der Waals surface area contributed by atoms with Crippen LogP contribution in [0.4, 0.5) is 4.79 Å². The van der Waals surface area contributed by atoms with Crippen LogP contribution in [-0.2, 0) is 14.9 Å². The average Bonchev–Trinajstić information content (AvgIpc) is 2.80. The van der Waals surface area contributed by atoms with Crippen molar-refractivity contribution in [2.24, 2.45) is 0 Å². The molecule has 0 aliphatic carbocycles. The van der Waals surface area contributed by atoms with Gasteiger partial charge >= 0.3 is 6.09 Å². The molecule has 8 heteroatoms. The summed E-state index contributed by atoms with van der Waals surface area (Å²) in [7, 11) is -3.35. The highest BCUT2D eigenvalue weighted by molar-refractivity contribution is 7.87.